The van der Waals surface area contributed by atoms with Gasteiger partial charge in [-0.25, -0.2) is 0 Å². The Hall–Kier alpha value is -1.06. The number of likely N-dealkylation sites (N-methyl/N-ethyl adjacent to an activating group) is 1. The molecule has 0 bridgehead atoms. The first-order valence-electron chi connectivity index (χ1n) is 6.43. The Morgan fingerprint density at radius 2 is 1.94 bits per heavy atom. The minimum atomic E-state index is 0.283. The molecule has 0 aliphatic heterocycles. The number of nitrogens with zero attached hydrogens (tertiary/aromatic N) is 1. The molecule has 17 heavy (non-hydrogen) atoms. The van der Waals surface area contributed by atoms with Gasteiger partial charge in [0, 0.05) is 12.6 Å². The predicted molar refractivity (Wildman–Crippen MR) is 72.3 cm³/mol. The molecule has 1 unspecified atom stereocenters. The molecule has 0 heterocycles. The molecule has 0 aromatic heterocycles. The first kappa shape index (κ1) is 14.0. The van der Waals surface area contributed by atoms with Crippen LogP contribution in [0.2, 0.25) is 0 Å². The van der Waals surface area contributed by atoms with Gasteiger partial charge in [0.2, 0.25) is 0 Å². The van der Waals surface area contributed by atoms with Crippen LogP contribution in [0.4, 0.5) is 0 Å². The van der Waals surface area contributed by atoms with Crippen molar-refractivity contribution in [1.82, 2.24) is 4.90 Å². The highest BCUT2D eigenvalue weighted by atomic mass is 16.5. The van der Waals surface area contributed by atoms with E-state index in [1.54, 1.807) is 0 Å². The maximum absolute atomic E-state index is 5.90. The summed E-state index contributed by atoms with van der Waals surface area (Å²) in [7, 11) is 0. The highest BCUT2D eigenvalue weighted by Crippen LogP contribution is 2.23. The van der Waals surface area contributed by atoms with Crippen molar-refractivity contribution in [3.8, 4) is 5.75 Å². The van der Waals surface area contributed by atoms with Crippen molar-refractivity contribution < 1.29 is 4.74 Å². The minimum absolute atomic E-state index is 0.283. The van der Waals surface area contributed by atoms with Gasteiger partial charge in [0.05, 0.1) is 6.61 Å². The van der Waals surface area contributed by atoms with E-state index >= 15 is 0 Å². The van der Waals surface area contributed by atoms with Gasteiger partial charge in [0.25, 0.3) is 0 Å². The molecule has 0 fully saturated rings. The third-order valence-electron chi connectivity index (χ3n) is 3.03. The standard InChI is InChI=1S/C14H24N2O/c1-4-16(5-2)14(11-15)12-8-7-9-13(10-12)17-6-3/h7-10,14H,4-6,11,15H2,1-3H3. The Balaban J connectivity index is 2.90. The quantitative estimate of drug-likeness (QED) is 0.790. The van der Waals surface area contributed by atoms with Crippen LogP contribution in [0.15, 0.2) is 24.3 Å². The molecule has 0 saturated heterocycles. The predicted octanol–water partition coefficient (Wildman–Crippen LogP) is 2.43. The third kappa shape index (κ3) is 3.72. The number of rotatable bonds is 7. The first-order valence-corrected chi connectivity index (χ1v) is 6.43. The first-order chi connectivity index (χ1) is 8.26. The summed E-state index contributed by atoms with van der Waals surface area (Å²) in [5, 5.41) is 0. The lowest BCUT2D eigenvalue weighted by molar-refractivity contribution is 0.223. The van der Waals surface area contributed by atoms with Crippen molar-refractivity contribution in [3.63, 3.8) is 0 Å². The average molecular weight is 236 g/mol. The van der Waals surface area contributed by atoms with Gasteiger partial charge in [-0.15, -0.1) is 0 Å². The van der Waals surface area contributed by atoms with Crippen LogP contribution in [0.5, 0.6) is 5.75 Å². The Bertz CT molecular complexity index is 324. The fraction of sp³-hybridized carbons (Fsp3) is 0.571. The number of hydrogen-bond acceptors (Lipinski definition) is 3. The van der Waals surface area contributed by atoms with Gasteiger partial charge in [-0.1, -0.05) is 26.0 Å². The van der Waals surface area contributed by atoms with Gasteiger partial charge in [-0.05, 0) is 37.7 Å². The molecule has 0 aliphatic rings. The van der Waals surface area contributed by atoms with E-state index in [2.05, 4.69) is 30.9 Å². The van der Waals surface area contributed by atoms with Crippen LogP contribution < -0.4 is 10.5 Å². The summed E-state index contributed by atoms with van der Waals surface area (Å²) in [6.45, 7) is 9.68. The molecule has 0 aliphatic carbocycles. The van der Waals surface area contributed by atoms with E-state index in [4.69, 9.17) is 10.5 Å². The highest BCUT2D eigenvalue weighted by Gasteiger charge is 2.16. The van der Waals surface area contributed by atoms with E-state index in [-0.39, 0.29) is 6.04 Å². The monoisotopic (exact) mass is 236 g/mol. The van der Waals surface area contributed by atoms with Crippen LogP contribution in [0.3, 0.4) is 0 Å². The molecular weight excluding hydrogens is 212 g/mol. The molecule has 96 valence electrons. The van der Waals surface area contributed by atoms with Crippen molar-refractivity contribution in [1.29, 1.82) is 0 Å². The second-order valence-electron chi connectivity index (χ2n) is 3.98. The van der Waals surface area contributed by atoms with E-state index in [1.807, 2.05) is 19.1 Å². The Labute approximate surface area is 105 Å². The van der Waals surface area contributed by atoms with E-state index < -0.39 is 0 Å². The van der Waals surface area contributed by atoms with E-state index in [1.165, 1.54) is 5.56 Å². The van der Waals surface area contributed by atoms with Crippen LogP contribution in [-0.2, 0) is 0 Å². The fourth-order valence-electron chi connectivity index (χ4n) is 2.14. The van der Waals surface area contributed by atoms with Gasteiger partial charge in [-0.2, -0.15) is 0 Å². The topological polar surface area (TPSA) is 38.5 Å². The normalized spacial score (nSPS) is 12.8. The summed E-state index contributed by atoms with van der Waals surface area (Å²) in [6.07, 6.45) is 0. The molecule has 0 saturated carbocycles. The van der Waals surface area contributed by atoms with Crippen LogP contribution in [0.25, 0.3) is 0 Å². The summed E-state index contributed by atoms with van der Waals surface area (Å²) in [6, 6.07) is 8.53. The van der Waals surface area contributed by atoms with Crippen molar-refractivity contribution in [2.45, 2.75) is 26.8 Å². The molecule has 1 atom stereocenters. The largest absolute Gasteiger partial charge is 0.494 e. The number of benzene rings is 1. The maximum Gasteiger partial charge on any atom is 0.119 e. The average Bonchev–Trinajstić information content (AvgIpc) is 2.36. The lowest BCUT2D eigenvalue weighted by Crippen LogP contribution is -2.33. The van der Waals surface area contributed by atoms with E-state index in [0.29, 0.717) is 13.2 Å². The van der Waals surface area contributed by atoms with Crippen LogP contribution in [0.1, 0.15) is 32.4 Å². The second kappa shape index (κ2) is 7.30. The zero-order valence-electron chi connectivity index (χ0n) is 11.1. The van der Waals surface area contributed by atoms with Gasteiger partial charge in [0.1, 0.15) is 5.75 Å². The Morgan fingerprint density at radius 1 is 1.24 bits per heavy atom. The molecule has 1 rings (SSSR count). The molecule has 0 radical (unpaired) electrons. The lowest BCUT2D eigenvalue weighted by Gasteiger charge is -2.29. The van der Waals surface area contributed by atoms with Crippen LogP contribution in [-0.4, -0.2) is 31.1 Å². The van der Waals surface area contributed by atoms with Crippen molar-refractivity contribution in [2.24, 2.45) is 5.73 Å². The molecular formula is C14H24N2O. The van der Waals surface area contributed by atoms with Gasteiger partial charge in [-0.3, -0.25) is 4.90 Å². The number of hydrogen-bond donors (Lipinski definition) is 1. The zero-order chi connectivity index (χ0) is 12.7. The summed E-state index contributed by atoms with van der Waals surface area (Å²) >= 11 is 0. The molecule has 3 heteroatoms. The molecule has 3 nitrogen and oxygen atoms in total. The summed E-state index contributed by atoms with van der Waals surface area (Å²) in [5.41, 5.74) is 7.14. The number of ether oxygens (including phenoxy) is 1. The fourth-order valence-corrected chi connectivity index (χ4v) is 2.14. The summed E-state index contributed by atoms with van der Waals surface area (Å²) in [5.74, 6) is 0.926. The molecule has 1 aromatic carbocycles. The Morgan fingerprint density at radius 3 is 2.47 bits per heavy atom. The minimum Gasteiger partial charge on any atom is -0.494 e. The SMILES string of the molecule is CCOc1cccc(C(CN)N(CC)CC)c1. The Kier molecular flexibility index (Phi) is 6.01. The smallest absolute Gasteiger partial charge is 0.119 e. The summed E-state index contributed by atoms with van der Waals surface area (Å²) < 4.78 is 5.53. The van der Waals surface area contributed by atoms with Crippen molar-refractivity contribution >= 4 is 0 Å². The van der Waals surface area contributed by atoms with Crippen molar-refractivity contribution in [3.05, 3.63) is 29.8 Å². The molecule has 1 aromatic rings. The van der Waals surface area contributed by atoms with Gasteiger partial charge < -0.3 is 10.5 Å². The van der Waals surface area contributed by atoms with E-state index in [9.17, 15) is 0 Å². The van der Waals surface area contributed by atoms with Crippen LogP contribution in [0, 0.1) is 0 Å². The zero-order valence-corrected chi connectivity index (χ0v) is 11.1. The highest BCUT2D eigenvalue weighted by molar-refractivity contribution is 5.30. The number of nitrogens with two attached hydrogens (primary N) is 1. The van der Waals surface area contributed by atoms with Crippen molar-refractivity contribution in [2.75, 3.05) is 26.2 Å². The molecule has 0 amide bonds. The lowest BCUT2D eigenvalue weighted by atomic mass is 10.0. The molecule has 0 spiro atoms. The van der Waals surface area contributed by atoms with Gasteiger partial charge in [0.15, 0.2) is 0 Å². The van der Waals surface area contributed by atoms with Gasteiger partial charge >= 0.3 is 0 Å². The summed E-state index contributed by atoms with van der Waals surface area (Å²) in [4.78, 5) is 2.37. The van der Waals surface area contributed by atoms with Crippen LogP contribution >= 0.6 is 0 Å². The van der Waals surface area contributed by atoms with E-state index in [0.717, 1.165) is 18.8 Å². The third-order valence-corrected chi connectivity index (χ3v) is 3.03. The second-order valence-corrected chi connectivity index (χ2v) is 3.98. The maximum atomic E-state index is 5.90. The molecule has 2 N–H and O–H groups in total.